The fourth-order valence-corrected chi connectivity index (χ4v) is 4.91. The maximum atomic E-state index is 13.8. The highest BCUT2D eigenvalue weighted by molar-refractivity contribution is 6.00. The number of carbonyl (C=O) groups excluding carboxylic acids is 1. The van der Waals surface area contributed by atoms with E-state index in [1.54, 1.807) is 24.3 Å². The van der Waals surface area contributed by atoms with E-state index >= 15 is 0 Å². The maximum Gasteiger partial charge on any atom is 0.421 e. The van der Waals surface area contributed by atoms with E-state index in [1.165, 1.54) is 19.2 Å². The average Bonchev–Trinajstić information content (AvgIpc) is 3.48. The molecule has 4 aromatic rings. The summed E-state index contributed by atoms with van der Waals surface area (Å²) in [5, 5.41) is 21.8. The summed E-state index contributed by atoms with van der Waals surface area (Å²) in [5.41, 5.74) is 1.75. The number of hydrogen-bond acceptors (Lipinski definition) is 8. The van der Waals surface area contributed by atoms with Crippen molar-refractivity contribution in [1.29, 1.82) is 0 Å². The van der Waals surface area contributed by atoms with Gasteiger partial charge < -0.3 is 26.0 Å². The number of aliphatic hydroxyl groups excluding tert-OH is 1. The van der Waals surface area contributed by atoms with Crippen LogP contribution >= 0.6 is 0 Å². The van der Waals surface area contributed by atoms with Crippen molar-refractivity contribution in [3.63, 3.8) is 0 Å². The van der Waals surface area contributed by atoms with E-state index in [0.717, 1.165) is 37.1 Å². The molecule has 0 bridgehead atoms. The van der Waals surface area contributed by atoms with Crippen LogP contribution < -0.4 is 16.0 Å². The van der Waals surface area contributed by atoms with Crippen LogP contribution in [0.15, 0.2) is 67.1 Å². The van der Waals surface area contributed by atoms with Crippen LogP contribution in [0.1, 0.15) is 34.8 Å². The largest absolute Gasteiger partial charge is 0.421 e. The predicted molar refractivity (Wildman–Crippen MR) is 153 cm³/mol. The minimum Gasteiger partial charge on any atom is -0.395 e. The Morgan fingerprint density at radius 2 is 1.76 bits per heavy atom. The monoisotopic (exact) mass is 580 g/mol. The molecule has 13 heteroatoms. The Morgan fingerprint density at radius 1 is 1.02 bits per heavy atom. The highest BCUT2D eigenvalue weighted by Crippen LogP contribution is 2.36. The molecule has 0 saturated carbocycles. The van der Waals surface area contributed by atoms with Crippen LogP contribution in [0.5, 0.6) is 0 Å². The molecular weight excluding hydrogens is 549 g/mol. The van der Waals surface area contributed by atoms with Gasteiger partial charge in [-0.25, -0.2) is 4.98 Å². The zero-order chi connectivity index (χ0) is 29.7. The maximum absolute atomic E-state index is 13.8. The summed E-state index contributed by atoms with van der Waals surface area (Å²) in [6.45, 7) is 2.70. The molecule has 3 heterocycles. The van der Waals surface area contributed by atoms with Crippen LogP contribution in [0.4, 0.5) is 36.3 Å². The summed E-state index contributed by atoms with van der Waals surface area (Å²) in [6, 6.07) is 13.9. The first-order chi connectivity index (χ1) is 20.2. The van der Waals surface area contributed by atoms with E-state index in [9.17, 15) is 18.0 Å². The highest BCUT2D eigenvalue weighted by atomic mass is 19.4. The molecule has 42 heavy (non-hydrogen) atoms. The molecule has 0 radical (unpaired) electrons. The summed E-state index contributed by atoms with van der Waals surface area (Å²) >= 11 is 0. The summed E-state index contributed by atoms with van der Waals surface area (Å²) < 4.78 is 43.3. The molecule has 4 N–H and O–H groups in total. The number of alkyl halides is 3. The Morgan fingerprint density at radius 3 is 2.45 bits per heavy atom. The molecule has 1 aliphatic heterocycles. The average molecular weight is 581 g/mol. The lowest BCUT2D eigenvalue weighted by molar-refractivity contribution is -0.137. The first kappa shape index (κ1) is 29.0. The van der Waals surface area contributed by atoms with Crippen molar-refractivity contribution in [3.05, 3.63) is 78.2 Å². The van der Waals surface area contributed by atoms with Gasteiger partial charge in [-0.1, -0.05) is 24.3 Å². The number of aliphatic hydroxyl groups is 1. The van der Waals surface area contributed by atoms with E-state index in [2.05, 4.69) is 35.9 Å². The van der Waals surface area contributed by atoms with Gasteiger partial charge in [0.2, 0.25) is 5.95 Å². The number of β-amino-alcohol motifs (C(OH)–C–C–N with tert-alkyl or cyclic N) is 1. The van der Waals surface area contributed by atoms with E-state index < -0.39 is 23.5 Å². The first-order valence-corrected chi connectivity index (χ1v) is 13.5. The lowest BCUT2D eigenvalue weighted by Crippen LogP contribution is -2.36. The topological polar surface area (TPSA) is 120 Å². The molecular formula is C29H31F3N8O2. The van der Waals surface area contributed by atoms with Crippen molar-refractivity contribution in [2.24, 2.45) is 0 Å². The molecule has 10 nitrogen and oxygen atoms in total. The number of halogens is 3. The van der Waals surface area contributed by atoms with Crippen LogP contribution in [0.3, 0.4) is 0 Å². The van der Waals surface area contributed by atoms with Crippen molar-refractivity contribution in [2.45, 2.75) is 25.1 Å². The molecule has 1 fully saturated rings. The summed E-state index contributed by atoms with van der Waals surface area (Å²) in [5.74, 6) is -0.980. The normalized spacial score (nSPS) is 14.5. The molecule has 0 spiro atoms. The van der Waals surface area contributed by atoms with Crippen LogP contribution in [-0.2, 0) is 6.18 Å². The summed E-state index contributed by atoms with van der Waals surface area (Å²) in [7, 11) is 1.44. The van der Waals surface area contributed by atoms with Gasteiger partial charge in [-0.15, -0.1) is 0 Å². The smallest absolute Gasteiger partial charge is 0.395 e. The van der Waals surface area contributed by atoms with Gasteiger partial charge in [-0.2, -0.15) is 23.3 Å². The third-order valence-electron chi connectivity index (χ3n) is 7.17. The lowest BCUT2D eigenvalue weighted by atomic mass is 10.1. The number of amides is 1. The number of piperidine rings is 1. The summed E-state index contributed by atoms with van der Waals surface area (Å²) in [6.07, 6.45) is 1.75. The zero-order valence-corrected chi connectivity index (χ0v) is 22.9. The van der Waals surface area contributed by atoms with Gasteiger partial charge in [0, 0.05) is 50.3 Å². The van der Waals surface area contributed by atoms with Crippen molar-refractivity contribution >= 4 is 29.0 Å². The van der Waals surface area contributed by atoms with Gasteiger partial charge in [0.25, 0.3) is 5.91 Å². The number of benzene rings is 2. The number of para-hydroxylation sites is 1. The molecule has 2 aromatic heterocycles. The number of carbonyl (C=O) groups is 1. The second-order valence-corrected chi connectivity index (χ2v) is 9.91. The van der Waals surface area contributed by atoms with Gasteiger partial charge in [-0.05, 0) is 42.7 Å². The van der Waals surface area contributed by atoms with E-state index in [-0.39, 0.29) is 23.8 Å². The van der Waals surface area contributed by atoms with Crippen molar-refractivity contribution in [2.75, 3.05) is 43.9 Å². The van der Waals surface area contributed by atoms with Gasteiger partial charge in [-0.3, -0.25) is 9.48 Å². The number of rotatable bonds is 9. The van der Waals surface area contributed by atoms with Gasteiger partial charge in [0.15, 0.2) is 0 Å². The van der Waals surface area contributed by atoms with E-state index in [4.69, 9.17) is 5.11 Å². The van der Waals surface area contributed by atoms with Gasteiger partial charge in [0.05, 0.1) is 30.1 Å². The minimum absolute atomic E-state index is 0.0453. The molecule has 1 saturated heterocycles. The van der Waals surface area contributed by atoms with Crippen LogP contribution in [0, 0.1) is 0 Å². The van der Waals surface area contributed by atoms with Crippen LogP contribution in [0.2, 0.25) is 0 Å². The van der Waals surface area contributed by atoms with Crippen LogP contribution in [0.25, 0.3) is 11.1 Å². The molecule has 220 valence electrons. The molecule has 5 rings (SSSR count). The number of nitrogens with zero attached hydrogens (tertiary/aromatic N) is 5. The Kier molecular flexibility index (Phi) is 8.69. The second kappa shape index (κ2) is 12.6. The Labute approximate surface area is 240 Å². The quantitative estimate of drug-likeness (QED) is 0.222. The highest BCUT2D eigenvalue weighted by Gasteiger charge is 2.35. The Bertz CT molecular complexity index is 1520. The molecule has 1 amide bonds. The van der Waals surface area contributed by atoms with Crippen molar-refractivity contribution in [1.82, 2.24) is 30.0 Å². The molecule has 0 aliphatic carbocycles. The van der Waals surface area contributed by atoms with E-state index in [1.807, 2.05) is 29.2 Å². The minimum atomic E-state index is -4.72. The number of aromatic nitrogens is 4. The number of likely N-dealkylation sites (tertiary alicyclic amines) is 1. The molecule has 2 aromatic carbocycles. The fraction of sp³-hybridized carbons (Fsp3) is 0.310. The predicted octanol–water partition coefficient (Wildman–Crippen LogP) is 4.83. The Hall–Kier alpha value is -4.49. The van der Waals surface area contributed by atoms with Crippen molar-refractivity contribution < 1.29 is 23.1 Å². The van der Waals surface area contributed by atoms with Gasteiger partial charge >= 0.3 is 6.18 Å². The molecule has 0 unspecified atom stereocenters. The Balaban J connectivity index is 1.31. The first-order valence-electron chi connectivity index (χ1n) is 13.5. The van der Waals surface area contributed by atoms with E-state index in [0.29, 0.717) is 24.5 Å². The fourth-order valence-electron chi connectivity index (χ4n) is 4.91. The summed E-state index contributed by atoms with van der Waals surface area (Å²) in [4.78, 5) is 22.4. The number of anilines is 4. The van der Waals surface area contributed by atoms with Crippen molar-refractivity contribution in [3.8, 4) is 11.1 Å². The third kappa shape index (κ3) is 6.69. The number of nitrogens with one attached hydrogen (secondary N) is 3. The van der Waals surface area contributed by atoms with Crippen LogP contribution in [-0.4, -0.2) is 69.0 Å². The molecule has 1 aliphatic rings. The lowest BCUT2D eigenvalue weighted by Gasteiger charge is -2.31. The zero-order valence-electron chi connectivity index (χ0n) is 22.9. The molecule has 0 atom stereocenters. The van der Waals surface area contributed by atoms with Gasteiger partial charge in [0.1, 0.15) is 11.4 Å². The third-order valence-corrected chi connectivity index (χ3v) is 7.17. The SMILES string of the molecule is CNC(=O)c1ccccc1Nc1nc(Nc2ccc(-c3cnn(C4CCN(CCO)CC4)c3)cc2)ncc1C(F)(F)F. The number of hydrogen-bond donors (Lipinski definition) is 4. The second-order valence-electron chi connectivity index (χ2n) is 9.91. The standard InChI is InChI=1S/C29H31F3N8O2/c1-33-27(42)23-4-2-3-5-25(23)37-26-24(29(30,31)32)17-34-28(38-26)36-21-8-6-19(7-9-21)20-16-35-40(18-20)22-10-12-39(13-11-22)14-15-41/h2-9,16-18,22,41H,10-15H2,1H3,(H,33,42)(H2,34,36,37,38).